The molecule has 5 rings (SSSR count). The van der Waals surface area contributed by atoms with Gasteiger partial charge < -0.3 is 19.3 Å². The standard InChI is InChI=1S/C27H32N4O3/c1-19-25(20(2)31(28-19)22-10-6-5-7-11-22)30-15-13-29(14-16-30)24(32)18-33-23-12-8-9-21-17-27(3,4)34-26(21)23/h5-12H,13-18H2,1-4H3. The molecule has 1 amide bonds. The number of piperazine rings is 1. The first-order valence-corrected chi connectivity index (χ1v) is 11.9. The molecule has 1 fully saturated rings. The number of hydrogen-bond acceptors (Lipinski definition) is 5. The van der Waals surface area contributed by atoms with Gasteiger partial charge in [-0.25, -0.2) is 4.68 Å². The second kappa shape index (κ2) is 8.70. The van der Waals surface area contributed by atoms with Gasteiger partial charge in [0.1, 0.15) is 5.60 Å². The molecule has 34 heavy (non-hydrogen) atoms. The van der Waals surface area contributed by atoms with Gasteiger partial charge in [-0.1, -0.05) is 30.3 Å². The van der Waals surface area contributed by atoms with E-state index in [2.05, 4.69) is 50.8 Å². The number of hydrogen-bond donors (Lipinski definition) is 0. The summed E-state index contributed by atoms with van der Waals surface area (Å²) >= 11 is 0. The fraction of sp³-hybridized carbons (Fsp3) is 0.407. The largest absolute Gasteiger partial charge is 0.483 e. The Balaban J connectivity index is 1.20. The summed E-state index contributed by atoms with van der Waals surface area (Å²) in [4.78, 5) is 17.1. The maximum Gasteiger partial charge on any atom is 0.260 e. The van der Waals surface area contributed by atoms with Crippen LogP contribution in [0.5, 0.6) is 11.5 Å². The summed E-state index contributed by atoms with van der Waals surface area (Å²) in [5, 5.41) is 4.77. The molecule has 2 aromatic carbocycles. The summed E-state index contributed by atoms with van der Waals surface area (Å²) in [6.07, 6.45) is 0.842. The summed E-state index contributed by atoms with van der Waals surface area (Å²) in [6, 6.07) is 16.1. The number of anilines is 1. The second-order valence-electron chi connectivity index (χ2n) is 9.71. The Morgan fingerprint density at radius 1 is 1.03 bits per heavy atom. The van der Waals surface area contributed by atoms with Crippen molar-refractivity contribution in [3.63, 3.8) is 0 Å². The summed E-state index contributed by atoms with van der Waals surface area (Å²) in [7, 11) is 0. The Bertz CT molecular complexity index is 1190. The summed E-state index contributed by atoms with van der Waals surface area (Å²) in [5.74, 6) is 1.42. The van der Waals surface area contributed by atoms with Gasteiger partial charge in [-0.2, -0.15) is 5.10 Å². The van der Waals surface area contributed by atoms with Crippen LogP contribution in [0.15, 0.2) is 48.5 Å². The van der Waals surface area contributed by atoms with E-state index in [4.69, 9.17) is 14.6 Å². The van der Waals surface area contributed by atoms with Crippen LogP contribution in [0.25, 0.3) is 5.69 Å². The Labute approximate surface area is 200 Å². The van der Waals surface area contributed by atoms with E-state index in [1.54, 1.807) is 0 Å². The molecule has 178 valence electrons. The molecule has 0 N–H and O–H groups in total. The zero-order valence-electron chi connectivity index (χ0n) is 20.4. The number of ether oxygens (including phenoxy) is 2. The Kier molecular flexibility index (Phi) is 5.71. The first kappa shape index (κ1) is 22.3. The molecule has 0 aliphatic carbocycles. The van der Waals surface area contributed by atoms with Crippen molar-refractivity contribution in [2.75, 3.05) is 37.7 Å². The highest BCUT2D eigenvalue weighted by molar-refractivity contribution is 5.78. The highest BCUT2D eigenvalue weighted by Gasteiger charge is 2.33. The lowest BCUT2D eigenvalue weighted by Gasteiger charge is -2.36. The van der Waals surface area contributed by atoms with Crippen LogP contribution in [0.1, 0.15) is 30.8 Å². The van der Waals surface area contributed by atoms with E-state index in [1.165, 1.54) is 0 Å². The number of carbonyl (C=O) groups is 1. The number of aryl methyl sites for hydroxylation is 1. The average molecular weight is 461 g/mol. The fourth-order valence-electron chi connectivity index (χ4n) is 5.02. The number of para-hydroxylation sites is 2. The van der Waals surface area contributed by atoms with Crippen LogP contribution < -0.4 is 14.4 Å². The number of carbonyl (C=O) groups excluding carboxylic acids is 1. The van der Waals surface area contributed by atoms with Gasteiger partial charge in [0.2, 0.25) is 0 Å². The minimum atomic E-state index is -0.243. The summed E-state index contributed by atoms with van der Waals surface area (Å²) < 4.78 is 14.0. The molecule has 3 aromatic rings. The van der Waals surface area contributed by atoms with E-state index in [0.717, 1.165) is 53.6 Å². The van der Waals surface area contributed by atoms with Crippen molar-refractivity contribution in [3.05, 3.63) is 65.5 Å². The van der Waals surface area contributed by atoms with E-state index in [1.807, 2.05) is 39.9 Å². The molecule has 2 aliphatic heterocycles. The van der Waals surface area contributed by atoms with Crippen molar-refractivity contribution in [2.45, 2.75) is 39.7 Å². The Morgan fingerprint density at radius 3 is 2.50 bits per heavy atom. The Morgan fingerprint density at radius 2 is 1.76 bits per heavy atom. The van der Waals surface area contributed by atoms with Crippen molar-refractivity contribution in [1.29, 1.82) is 0 Å². The third-order valence-electron chi connectivity index (χ3n) is 6.61. The molecule has 1 aromatic heterocycles. The number of fused-ring (bicyclic) bond motifs is 1. The first-order chi connectivity index (χ1) is 16.3. The monoisotopic (exact) mass is 460 g/mol. The number of rotatable bonds is 5. The third kappa shape index (κ3) is 4.22. The van der Waals surface area contributed by atoms with Crippen molar-refractivity contribution in [3.8, 4) is 17.2 Å². The van der Waals surface area contributed by atoms with Crippen LogP contribution in [-0.4, -0.2) is 59.0 Å². The predicted molar refractivity (Wildman–Crippen MR) is 132 cm³/mol. The topological polar surface area (TPSA) is 59.8 Å². The molecule has 0 radical (unpaired) electrons. The molecule has 3 heterocycles. The van der Waals surface area contributed by atoms with Crippen molar-refractivity contribution < 1.29 is 14.3 Å². The lowest BCUT2D eigenvalue weighted by molar-refractivity contribution is -0.133. The van der Waals surface area contributed by atoms with Gasteiger partial charge in [0.05, 0.1) is 22.8 Å². The molecule has 0 atom stereocenters. The fourth-order valence-corrected chi connectivity index (χ4v) is 5.02. The van der Waals surface area contributed by atoms with Crippen molar-refractivity contribution in [2.24, 2.45) is 0 Å². The molecule has 0 spiro atoms. The van der Waals surface area contributed by atoms with Crippen molar-refractivity contribution >= 4 is 11.6 Å². The summed E-state index contributed by atoms with van der Waals surface area (Å²) in [5.41, 5.74) is 5.22. The van der Waals surface area contributed by atoms with Crippen LogP contribution in [0.3, 0.4) is 0 Å². The molecule has 7 nitrogen and oxygen atoms in total. The van der Waals surface area contributed by atoms with E-state index >= 15 is 0 Å². The highest BCUT2D eigenvalue weighted by atomic mass is 16.5. The van der Waals surface area contributed by atoms with Crippen LogP contribution in [0.4, 0.5) is 5.69 Å². The molecular formula is C27H32N4O3. The third-order valence-corrected chi connectivity index (χ3v) is 6.61. The van der Waals surface area contributed by atoms with Gasteiger partial charge in [0.15, 0.2) is 18.1 Å². The highest BCUT2D eigenvalue weighted by Crippen LogP contribution is 2.41. The van der Waals surface area contributed by atoms with Crippen molar-refractivity contribution in [1.82, 2.24) is 14.7 Å². The maximum absolute atomic E-state index is 12.9. The molecular weight excluding hydrogens is 428 g/mol. The first-order valence-electron chi connectivity index (χ1n) is 11.9. The zero-order valence-corrected chi connectivity index (χ0v) is 20.4. The van der Waals surface area contributed by atoms with E-state index in [9.17, 15) is 4.79 Å². The van der Waals surface area contributed by atoms with E-state index in [-0.39, 0.29) is 18.1 Å². The molecule has 0 saturated carbocycles. The van der Waals surface area contributed by atoms with E-state index < -0.39 is 0 Å². The van der Waals surface area contributed by atoms with Gasteiger partial charge in [0, 0.05) is 38.2 Å². The predicted octanol–water partition coefficient (Wildman–Crippen LogP) is 3.93. The number of amides is 1. The number of nitrogens with zero attached hydrogens (tertiary/aromatic N) is 4. The van der Waals surface area contributed by atoms with Gasteiger partial charge in [0.25, 0.3) is 5.91 Å². The molecule has 0 bridgehead atoms. The molecule has 7 heteroatoms. The molecule has 0 unspecified atom stereocenters. The number of aromatic nitrogens is 2. The lowest BCUT2D eigenvalue weighted by atomic mass is 10.0. The average Bonchev–Trinajstić information content (AvgIpc) is 3.32. The van der Waals surface area contributed by atoms with Crippen LogP contribution in [0, 0.1) is 13.8 Å². The molecule has 2 aliphatic rings. The Hall–Kier alpha value is -3.48. The maximum atomic E-state index is 12.9. The minimum absolute atomic E-state index is 0.00272. The van der Waals surface area contributed by atoms with Gasteiger partial charge in [-0.05, 0) is 45.9 Å². The SMILES string of the molecule is Cc1nn(-c2ccccc2)c(C)c1N1CCN(C(=O)COc2cccc3c2OC(C)(C)C3)CC1. The number of benzene rings is 2. The van der Waals surface area contributed by atoms with Crippen LogP contribution >= 0.6 is 0 Å². The summed E-state index contributed by atoms with van der Waals surface area (Å²) in [6.45, 7) is 11.2. The minimum Gasteiger partial charge on any atom is -0.483 e. The normalized spacial score (nSPS) is 16.8. The molecule has 1 saturated heterocycles. The quantitative estimate of drug-likeness (QED) is 0.577. The van der Waals surface area contributed by atoms with Crippen LogP contribution in [0.2, 0.25) is 0 Å². The van der Waals surface area contributed by atoms with Gasteiger partial charge in [-0.3, -0.25) is 4.79 Å². The second-order valence-corrected chi connectivity index (χ2v) is 9.71. The smallest absolute Gasteiger partial charge is 0.260 e. The van der Waals surface area contributed by atoms with Gasteiger partial charge >= 0.3 is 0 Å². The zero-order chi connectivity index (χ0) is 23.9. The lowest BCUT2D eigenvalue weighted by Crippen LogP contribution is -2.50. The van der Waals surface area contributed by atoms with E-state index in [0.29, 0.717) is 18.8 Å². The van der Waals surface area contributed by atoms with Crippen LogP contribution in [-0.2, 0) is 11.2 Å². The van der Waals surface area contributed by atoms with Gasteiger partial charge in [-0.15, -0.1) is 0 Å².